The second-order valence-corrected chi connectivity index (χ2v) is 3.70. The zero-order valence-corrected chi connectivity index (χ0v) is 9.00. The second-order valence-electron chi connectivity index (χ2n) is 3.70. The molecule has 2 rings (SSSR count). The minimum atomic E-state index is -0.501. The van der Waals surface area contributed by atoms with Gasteiger partial charge in [0.1, 0.15) is 6.10 Å². The molecule has 1 heterocycles. The van der Waals surface area contributed by atoms with Crippen LogP contribution in [0.5, 0.6) is 0 Å². The maximum atomic E-state index is 12.0. The first kappa shape index (κ1) is 11.1. The summed E-state index contributed by atoms with van der Waals surface area (Å²) in [4.78, 5) is 13.7. The van der Waals surface area contributed by atoms with Crippen molar-refractivity contribution in [1.82, 2.24) is 0 Å². The molecule has 4 nitrogen and oxygen atoms in total. The highest BCUT2D eigenvalue weighted by Gasteiger charge is 2.29. The lowest BCUT2D eigenvalue weighted by Gasteiger charge is -2.32. The third-order valence-electron chi connectivity index (χ3n) is 2.63. The Balaban J connectivity index is 2.13. The Morgan fingerprint density at radius 1 is 1.38 bits per heavy atom. The number of amides is 1. The van der Waals surface area contributed by atoms with E-state index >= 15 is 0 Å². The van der Waals surface area contributed by atoms with Crippen LogP contribution in [0.3, 0.4) is 0 Å². The Bertz CT molecular complexity index is 351. The fraction of sp³-hybridized carbons (Fsp3) is 0.417. The number of carbonyl (C=O) groups is 1. The quantitative estimate of drug-likeness (QED) is 0.821. The number of para-hydroxylation sites is 1. The van der Waals surface area contributed by atoms with Crippen LogP contribution in [0.15, 0.2) is 30.3 Å². The van der Waals surface area contributed by atoms with E-state index in [4.69, 9.17) is 9.84 Å². The van der Waals surface area contributed by atoms with Gasteiger partial charge in [-0.1, -0.05) is 18.2 Å². The lowest BCUT2D eigenvalue weighted by Crippen LogP contribution is -2.48. The molecule has 0 aliphatic carbocycles. The number of hydrogen-bond acceptors (Lipinski definition) is 3. The Morgan fingerprint density at radius 3 is 2.81 bits per heavy atom. The molecule has 1 N–H and O–H groups in total. The minimum absolute atomic E-state index is 0.0287. The summed E-state index contributed by atoms with van der Waals surface area (Å²) in [5.41, 5.74) is 0.888. The summed E-state index contributed by atoms with van der Waals surface area (Å²) in [5, 5.41) is 8.84. The summed E-state index contributed by atoms with van der Waals surface area (Å²) >= 11 is 0. The lowest BCUT2D eigenvalue weighted by molar-refractivity contribution is -0.134. The van der Waals surface area contributed by atoms with Crippen molar-refractivity contribution < 1.29 is 14.6 Å². The highest BCUT2D eigenvalue weighted by atomic mass is 16.5. The number of morpholine rings is 1. The second kappa shape index (κ2) is 5.09. The van der Waals surface area contributed by atoms with Gasteiger partial charge in [0.25, 0.3) is 5.91 Å². The average Bonchev–Trinajstić information content (AvgIpc) is 2.33. The molecule has 0 bridgehead atoms. The Morgan fingerprint density at radius 2 is 2.12 bits per heavy atom. The summed E-state index contributed by atoms with van der Waals surface area (Å²) in [7, 11) is 0. The van der Waals surface area contributed by atoms with Crippen LogP contribution in [0.2, 0.25) is 0 Å². The summed E-state index contributed by atoms with van der Waals surface area (Å²) < 4.78 is 5.33. The predicted molar refractivity (Wildman–Crippen MR) is 60.2 cm³/mol. The maximum absolute atomic E-state index is 12.0. The Kier molecular flexibility index (Phi) is 3.54. The molecule has 4 heteroatoms. The number of aliphatic hydroxyl groups is 1. The molecule has 0 spiro atoms. The first-order chi connectivity index (χ1) is 7.83. The zero-order chi connectivity index (χ0) is 11.4. The van der Waals surface area contributed by atoms with E-state index in [1.54, 1.807) is 4.90 Å². The van der Waals surface area contributed by atoms with E-state index in [1.165, 1.54) is 0 Å². The van der Waals surface area contributed by atoms with Crippen molar-refractivity contribution in [1.29, 1.82) is 0 Å². The van der Waals surface area contributed by atoms with E-state index in [0.29, 0.717) is 19.6 Å². The third kappa shape index (κ3) is 2.23. The highest BCUT2D eigenvalue weighted by Crippen LogP contribution is 2.19. The monoisotopic (exact) mass is 221 g/mol. The summed E-state index contributed by atoms with van der Waals surface area (Å²) in [6.07, 6.45) is -0.138. The molecule has 0 saturated carbocycles. The van der Waals surface area contributed by atoms with Gasteiger partial charge in [-0.2, -0.15) is 0 Å². The summed E-state index contributed by atoms with van der Waals surface area (Å²) in [6.45, 7) is 1.06. The first-order valence-electron chi connectivity index (χ1n) is 5.42. The van der Waals surface area contributed by atoms with Gasteiger partial charge in [0.15, 0.2) is 0 Å². The number of carbonyl (C=O) groups excluding carboxylic acids is 1. The molecular weight excluding hydrogens is 206 g/mol. The van der Waals surface area contributed by atoms with Gasteiger partial charge >= 0.3 is 0 Å². The number of aliphatic hydroxyl groups excluding tert-OH is 1. The van der Waals surface area contributed by atoms with Crippen LogP contribution >= 0.6 is 0 Å². The van der Waals surface area contributed by atoms with Gasteiger partial charge in [-0.05, 0) is 12.1 Å². The molecule has 16 heavy (non-hydrogen) atoms. The topological polar surface area (TPSA) is 49.8 Å². The van der Waals surface area contributed by atoms with E-state index in [-0.39, 0.29) is 12.5 Å². The van der Waals surface area contributed by atoms with E-state index in [9.17, 15) is 4.79 Å². The fourth-order valence-corrected chi connectivity index (χ4v) is 1.83. The maximum Gasteiger partial charge on any atom is 0.256 e. The number of ether oxygens (including phenoxy) is 1. The highest BCUT2D eigenvalue weighted by molar-refractivity contribution is 5.97. The molecule has 1 aliphatic rings. The van der Waals surface area contributed by atoms with Gasteiger partial charge in [-0.25, -0.2) is 0 Å². The first-order valence-corrected chi connectivity index (χ1v) is 5.42. The van der Waals surface area contributed by atoms with Gasteiger partial charge in [-0.3, -0.25) is 4.79 Å². The van der Waals surface area contributed by atoms with Crippen molar-refractivity contribution in [3.05, 3.63) is 30.3 Å². The molecule has 0 aromatic heterocycles. The third-order valence-corrected chi connectivity index (χ3v) is 2.63. The molecular formula is C12H15NO3. The molecule has 1 saturated heterocycles. The number of hydrogen-bond donors (Lipinski definition) is 1. The van der Waals surface area contributed by atoms with Gasteiger partial charge in [0, 0.05) is 25.3 Å². The van der Waals surface area contributed by atoms with Crippen LogP contribution < -0.4 is 4.90 Å². The molecule has 0 radical (unpaired) electrons. The molecule has 1 amide bonds. The van der Waals surface area contributed by atoms with Crippen LogP contribution in [0, 0.1) is 0 Å². The van der Waals surface area contributed by atoms with Crippen molar-refractivity contribution in [2.24, 2.45) is 0 Å². The molecule has 1 atom stereocenters. The smallest absolute Gasteiger partial charge is 0.256 e. The van der Waals surface area contributed by atoms with Crippen LogP contribution in [-0.2, 0) is 9.53 Å². The van der Waals surface area contributed by atoms with Crippen molar-refractivity contribution >= 4 is 11.6 Å². The SMILES string of the molecule is O=C1C(CCO)OCCN1c1ccccc1. The molecule has 1 fully saturated rings. The number of anilines is 1. The van der Waals surface area contributed by atoms with Crippen LogP contribution in [-0.4, -0.2) is 36.9 Å². The van der Waals surface area contributed by atoms with E-state index in [1.807, 2.05) is 30.3 Å². The summed E-state index contributed by atoms with van der Waals surface area (Å²) in [6, 6.07) is 9.52. The van der Waals surface area contributed by atoms with Gasteiger partial charge in [-0.15, -0.1) is 0 Å². The van der Waals surface area contributed by atoms with E-state index in [0.717, 1.165) is 5.69 Å². The minimum Gasteiger partial charge on any atom is -0.396 e. The van der Waals surface area contributed by atoms with Gasteiger partial charge < -0.3 is 14.7 Å². The molecule has 86 valence electrons. The van der Waals surface area contributed by atoms with Crippen molar-refractivity contribution in [2.45, 2.75) is 12.5 Å². The number of benzene rings is 1. The molecule has 1 aromatic rings. The Hall–Kier alpha value is -1.39. The molecule has 1 aliphatic heterocycles. The van der Waals surface area contributed by atoms with Gasteiger partial charge in [0.2, 0.25) is 0 Å². The van der Waals surface area contributed by atoms with E-state index in [2.05, 4.69) is 0 Å². The summed E-state index contributed by atoms with van der Waals surface area (Å²) in [5.74, 6) is -0.0634. The number of rotatable bonds is 3. The molecule has 1 unspecified atom stereocenters. The van der Waals surface area contributed by atoms with Crippen LogP contribution in [0.1, 0.15) is 6.42 Å². The van der Waals surface area contributed by atoms with Crippen LogP contribution in [0.4, 0.5) is 5.69 Å². The lowest BCUT2D eigenvalue weighted by atomic mass is 10.1. The van der Waals surface area contributed by atoms with Crippen LogP contribution in [0.25, 0.3) is 0 Å². The van der Waals surface area contributed by atoms with Crippen molar-refractivity contribution in [3.8, 4) is 0 Å². The van der Waals surface area contributed by atoms with Gasteiger partial charge in [0.05, 0.1) is 6.61 Å². The standard InChI is InChI=1S/C12H15NO3/c14-8-6-11-12(15)13(7-9-16-11)10-4-2-1-3-5-10/h1-5,11,14H,6-9H2. The van der Waals surface area contributed by atoms with Crippen molar-refractivity contribution in [3.63, 3.8) is 0 Å². The zero-order valence-electron chi connectivity index (χ0n) is 9.00. The largest absolute Gasteiger partial charge is 0.396 e. The van der Waals surface area contributed by atoms with Crippen molar-refractivity contribution in [2.75, 3.05) is 24.7 Å². The predicted octanol–water partition coefficient (Wildman–Crippen LogP) is 0.801. The normalized spacial score (nSPS) is 21.2. The van der Waals surface area contributed by atoms with E-state index < -0.39 is 6.10 Å². The Labute approximate surface area is 94.4 Å². The average molecular weight is 221 g/mol. The molecule has 1 aromatic carbocycles. The number of nitrogens with zero attached hydrogens (tertiary/aromatic N) is 1. The fourth-order valence-electron chi connectivity index (χ4n) is 1.83.